The first-order chi connectivity index (χ1) is 9.61. The molecule has 0 saturated carbocycles. The van der Waals surface area contributed by atoms with Gasteiger partial charge >= 0.3 is 0 Å². The Morgan fingerprint density at radius 3 is 2.70 bits per heavy atom. The van der Waals surface area contributed by atoms with E-state index in [4.69, 9.17) is 19.9 Å². The first-order valence-corrected chi connectivity index (χ1v) is 5.74. The van der Waals surface area contributed by atoms with Crippen molar-refractivity contribution in [1.29, 1.82) is 0 Å². The van der Waals surface area contributed by atoms with Gasteiger partial charge in [0.1, 0.15) is 11.5 Å². The third-order valence-electron chi connectivity index (χ3n) is 2.70. The van der Waals surface area contributed by atoms with E-state index in [1.165, 1.54) is 18.2 Å². The quantitative estimate of drug-likeness (QED) is 0.525. The number of hydrogen-bond donors (Lipinski definition) is 1. The Hall–Kier alpha value is -2.96. The van der Waals surface area contributed by atoms with Crippen LogP contribution in [-0.2, 0) is 0 Å². The summed E-state index contributed by atoms with van der Waals surface area (Å²) < 4.78 is 16.0. The van der Waals surface area contributed by atoms with Gasteiger partial charge in [0.25, 0.3) is 5.69 Å². The van der Waals surface area contributed by atoms with E-state index >= 15 is 0 Å². The number of nitrogens with two attached hydrogens (primary N) is 1. The summed E-state index contributed by atoms with van der Waals surface area (Å²) in [5.41, 5.74) is 5.75. The number of rotatable bonds is 3. The van der Waals surface area contributed by atoms with Gasteiger partial charge < -0.3 is 19.9 Å². The monoisotopic (exact) mass is 274 g/mol. The topological polar surface area (TPSA) is 96.9 Å². The average molecular weight is 274 g/mol. The third-order valence-corrected chi connectivity index (χ3v) is 2.70. The Labute approximate surface area is 113 Å². The van der Waals surface area contributed by atoms with Crippen LogP contribution in [-0.4, -0.2) is 11.7 Å². The summed E-state index contributed by atoms with van der Waals surface area (Å²) in [5, 5.41) is 10.8. The number of nitro groups is 1. The van der Waals surface area contributed by atoms with E-state index in [9.17, 15) is 10.1 Å². The average Bonchev–Trinajstić information content (AvgIpc) is 2.85. The molecule has 20 heavy (non-hydrogen) atoms. The highest BCUT2D eigenvalue weighted by molar-refractivity contribution is 5.55. The van der Waals surface area contributed by atoms with Crippen LogP contribution >= 0.6 is 0 Å². The van der Waals surface area contributed by atoms with Gasteiger partial charge in [0.2, 0.25) is 6.79 Å². The number of nitrogen functional groups attached to an aromatic ring is 1. The fraction of sp³-hybridized carbons (Fsp3) is 0.0769. The van der Waals surface area contributed by atoms with Gasteiger partial charge in [-0.05, 0) is 12.1 Å². The smallest absolute Gasteiger partial charge is 0.275 e. The molecule has 0 spiro atoms. The fourth-order valence-corrected chi connectivity index (χ4v) is 1.85. The molecule has 2 aromatic rings. The van der Waals surface area contributed by atoms with E-state index < -0.39 is 4.92 Å². The first-order valence-electron chi connectivity index (χ1n) is 5.74. The zero-order valence-corrected chi connectivity index (χ0v) is 10.2. The lowest BCUT2D eigenvalue weighted by molar-refractivity contribution is -0.384. The van der Waals surface area contributed by atoms with Crippen LogP contribution in [0.15, 0.2) is 36.4 Å². The molecule has 0 unspecified atom stereocenters. The molecule has 0 amide bonds. The maximum Gasteiger partial charge on any atom is 0.275 e. The van der Waals surface area contributed by atoms with Gasteiger partial charge in [0, 0.05) is 23.9 Å². The normalized spacial score (nSPS) is 12.2. The summed E-state index contributed by atoms with van der Waals surface area (Å²) in [5.74, 6) is 1.97. The molecule has 1 aliphatic heterocycles. The number of non-ortho nitro benzene ring substituents is 1. The molecule has 7 nitrogen and oxygen atoms in total. The van der Waals surface area contributed by atoms with Crippen LogP contribution in [0.1, 0.15) is 0 Å². The molecule has 3 rings (SSSR count). The van der Waals surface area contributed by atoms with Crippen LogP contribution in [0, 0.1) is 10.1 Å². The van der Waals surface area contributed by atoms with Gasteiger partial charge in [0.15, 0.2) is 11.5 Å². The predicted octanol–water partition coefficient (Wildman–Crippen LogP) is 2.70. The van der Waals surface area contributed by atoms with E-state index in [-0.39, 0.29) is 23.9 Å². The van der Waals surface area contributed by atoms with Crippen molar-refractivity contribution in [2.24, 2.45) is 0 Å². The number of ether oxygens (including phenoxy) is 3. The molecule has 1 aliphatic rings. The van der Waals surface area contributed by atoms with Crippen molar-refractivity contribution >= 4 is 11.4 Å². The standard InChI is InChI=1S/C13H10N2O5/c14-8-3-9(15(16)17)5-11(4-8)20-10-1-2-12-13(6-10)19-7-18-12/h1-6H,7,14H2. The molecule has 102 valence electrons. The molecule has 7 heteroatoms. The van der Waals surface area contributed by atoms with Crippen LogP contribution < -0.4 is 19.9 Å². The van der Waals surface area contributed by atoms with Crippen LogP contribution in [0.25, 0.3) is 0 Å². The second-order valence-electron chi connectivity index (χ2n) is 4.13. The number of anilines is 1. The van der Waals surface area contributed by atoms with Crippen LogP contribution in [0.5, 0.6) is 23.0 Å². The highest BCUT2D eigenvalue weighted by atomic mass is 16.7. The van der Waals surface area contributed by atoms with E-state index in [1.807, 2.05) is 0 Å². The van der Waals surface area contributed by atoms with Crippen LogP contribution in [0.3, 0.4) is 0 Å². The van der Waals surface area contributed by atoms with Gasteiger partial charge in [-0.1, -0.05) is 0 Å². The summed E-state index contributed by atoms with van der Waals surface area (Å²) in [7, 11) is 0. The molecule has 0 bridgehead atoms. The second-order valence-corrected chi connectivity index (χ2v) is 4.13. The Morgan fingerprint density at radius 1 is 1.10 bits per heavy atom. The highest BCUT2D eigenvalue weighted by Crippen LogP contribution is 2.37. The molecular formula is C13H10N2O5. The Balaban J connectivity index is 1.89. The van der Waals surface area contributed by atoms with Gasteiger partial charge in [-0.3, -0.25) is 10.1 Å². The van der Waals surface area contributed by atoms with Gasteiger partial charge in [0.05, 0.1) is 11.0 Å². The van der Waals surface area contributed by atoms with Crippen LogP contribution in [0.2, 0.25) is 0 Å². The number of nitro benzene ring substituents is 1. The molecule has 0 aromatic heterocycles. The lowest BCUT2D eigenvalue weighted by Gasteiger charge is -2.07. The lowest BCUT2D eigenvalue weighted by Crippen LogP contribution is -1.93. The molecule has 0 saturated heterocycles. The summed E-state index contributed by atoms with van der Waals surface area (Å²) in [6.07, 6.45) is 0. The van der Waals surface area contributed by atoms with Gasteiger partial charge in [-0.15, -0.1) is 0 Å². The SMILES string of the molecule is Nc1cc(Oc2ccc3c(c2)OCO3)cc([N+](=O)[O-])c1. The van der Waals surface area contributed by atoms with Gasteiger partial charge in [-0.25, -0.2) is 0 Å². The Bertz CT molecular complexity index is 686. The molecule has 2 N–H and O–H groups in total. The highest BCUT2D eigenvalue weighted by Gasteiger charge is 2.15. The summed E-state index contributed by atoms with van der Waals surface area (Å²) in [6.45, 7) is 0.169. The minimum atomic E-state index is -0.525. The van der Waals surface area contributed by atoms with Crippen molar-refractivity contribution in [2.45, 2.75) is 0 Å². The lowest BCUT2D eigenvalue weighted by atomic mass is 10.2. The maximum absolute atomic E-state index is 10.8. The molecule has 0 fully saturated rings. The van der Waals surface area contributed by atoms with Crippen molar-refractivity contribution in [3.05, 3.63) is 46.5 Å². The van der Waals surface area contributed by atoms with Gasteiger partial charge in [-0.2, -0.15) is 0 Å². The number of fused-ring (bicyclic) bond motifs is 1. The van der Waals surface area contributed by atoms with E-state index in [1.54, 1.807) is 18.2 Å². The molecular weight excluding hydrogens is 264 g/mol. The van der Waals surface area contributed by atoms with Crippen LogP contribution in [0.4, 0.5) is 11.4 Å². The summed E-state index contributed by atoms with van der Waals surface area (Å²) in [6, 6.07) is 9.13. The minimum absolute atomic E-state index is 0.124. The van der Waals surface area contributed by atoms with E-state index in [0.29, 0.717) is 17.2 Å². The molecule has 0 aliphatic carbocycles. The van der Waals surface area contributed by atoms with E-state index in [0.717, 1.165) is 0 Å². The number of benzene rings is 2. The van der Waals surface area contributed by atoms with Crippen molar-refractivity contribution in [2.75, 3.05) is 12.5 Å². The third kappa shape index (κ3) is 2.28. The Morgan fingerprint density at radius 2 is 1.90 bits per heavy atom. The second kappa shape index (κ2) is 4.61. The number of nitrogens with zero attached hydrogens (tertiary/aromatic N) is 1. The van der Waals surface area contributed by atoms with Crippen molar-refractivity contribution in [3.63, 3.8) is 0 Å². The molecule has 0 atom stereocenters. The minimum Gasteiger partial charge on any atom is -0.457 e. The first kappa shape index (κ1) is 12.1. The molecule has 0 radical (unpaired) electrons. The van der Waals surface area contributed by atoms with Crippen molar-refractivity contribution in [1.82, 2.24) is 0 Å². The zero-order valence-electron chi connectivity index (χ0n) is 10.2. The largest absolute Gasteiger partial charge is 0.457 e. The predicted molar refractivity (Wildman–Crippen MR) is 70.1 cm³/mol. The van der Waals surface area contributed by atoms with Crippen molar-refractivity contribution in [3.8, 4) is 23.0 Å². The summed E-state index contributed by atoms with van der Waals surface area (Å²) in [4.78, 5) is 10.2. The Kier molecular flexibility index (Phi) is 2.79. The zero-order chi connectivity index (χ0) is 14.1. The van der Waals surface area contributed by atoms with E-state index in [2.05, 4.69) is 0 Å². The summed E-state index contributed by atoms with van der Waals surface area (Å²) >= 11 is 0. The number of hydrogen-bond acceptors (Lipinski definition) is 6. The van der Waals surface area contributed by atoms with Crippen molar-refractivity contribution < 1.29 is 19.1 Å². The maximum atomic E-state index is 10.8. The molecule has 1 heterocycles. The molecule has 2 aromatic carbocycles. The fourth-order valence-electron chi connectivity index (χ4n) is 1.85.